The summed E-state index contributed by atoms with van der Waals surface area (Å²) in [4.78, 5) is 6.75. The largest absolute Gasteiger partial charge is 0.373 e. The maximum Gasteiger partial charge on any atom is 0.240 e. The molecule has 2 atom stereocenters. The summed E-state index contributed by atoms with van der Waals surface area (Å²) in [6.45, 7) is 8.95. The highest BCUT2D eigenvalue weighted by Gasteiger charge is 2.23. The van der Waals surface area contributed by atoms with Gasteiger partial charge in [-0.3, -0.25) is 4.90 Å². The molecule has 1 aliphatic rings. The summed E-state index contributed by atoms with van der Waals surface area (Å²) >= 11 is 0. The summed E-state index contributed by atoms with van der Waals surface area (Å²) in [7, 11) is 0. The number of nitrogens with zero attached hydrogens (tertiary/aromatic N) is 3. The molecule has 0 bridgehead atoms. The molecule has 0 N–H and O–H groups in total. The highest BCUT2D eigenvalue weighted by atomic mass is 16.5. The van der Waals surface area contributed by atoms with Gasteiger partial charge < -0.3 is 9.26 Å². The molecule has 1 aromatic rings. The average molecular weight is 253 g/mol. The van der Waals surface area contributed by atoms with Crippen molar-refractivity contribution in [1.82, 2.24) is 15.0 Å². The van der Waals surface area contributed by atoms with Crippen molar-refractivity contribution in [2.24, 2.45) is 0 Å². The Morgan fingerprint density at radius 3 is 2.67 bits per heavy atom. The quantitative estimate of drug-likeness (QED) is 0.803. The van der Waals surface area contributed by atoms with Crippen molar-refractivity contribution in [2.45, 2.75) is 58.8 Å². The lowest BCUT2D eigenvalue weighted by Crippen LogP contribution is -2.44. The summed E-state index contributed by atoms with van der Waals surface area (Å²) in [5, 5.41) is 4.01. The van der Waals surface area contributed by atoms with Crippen LogP contribution >= 0.6 is 0 Å². The van der Waals surface area contributed by atoms with Crippen LogP contribution in [-0.2, 0) is 17.7 Å². The molecular formula is C13H23N3O2. The first-order chi connectivity index (χ1) is 8.67. The van der Waals surface area contributed by atoms with Crippen LogP contribution in [0.15, 0.2) is 4.52 Å². The van der Waals surface area contributed by atoms with Crippen molar-refractivity contribution >= 4 is 0 Å². The van der Waals surface area contributed by atoms with Gasteiger partial charge >= 0.3 is 0 Å². The molecule has 18 heavy (non-hydrogen) atoms. The van der Waals surface area contributed by atoms with Crippen LogP contribution in [0.2, 0.25) is 0 Å². The first-order valence-electron chi connectivity index (χ1n) is 6.86. The second kappa shape index (κ2) is 6.29. The topological polar surface area (TPSA) is 51.4 Å². The van der Waals surface area contributed by atoms with Crippen molar-refractivity contribution in [3.05, 3.63) is 11.7 Å². The van der Waals surface area contributed by atoms with Gasteiger partial charge in [0, 0.05) is 19.5 Å². The summed E-state index contributed by atoms with van der Waals surface area (Å²) in [5.74, 6) is 1.56. The van der Waals surface area contributed by atoms with E-state index in [4.69, 9.17) is 9.26 Å². The molecule has 2 heterocycles. The predicted octanol–water partition coefficient (Wildman–Crippen LogP) is 2.02. The Balaban J connectivity index is 1.86. The van der Waals surface area contributed by atoms with Crippen molar-refractivity contribution in [1.29, 1.82) is 0 Å². The Bertz CT molecular complexity index is 357. The van der Waals surface area contributed by atoms with Crippen LogP contribution in [0.5, 0.6) is 0 Å². The molecule has 1 fully saturated rings. The fourth-order valence-corrected chi connectivity index (χ4v) is 2.40. The van der Waals surface area contributed by atoms with Crippen molar-refractivity contribution in [3.8, 4) is 0 Å². The van der Waals surface area contributed by atoms with Gasteiger partial charge in [-0.1, -0.05) is 18.5 Å². The van der Waals surface area contributed by atoms with Gasteiger partial charge in [0.1, 0.15) is 0 Å². The van der Waals surface area contributed by atoms with E-state index in [2.05, 4.69) is 35.8 Å². The second-order valence-corrected chi connectivity index (χ2v) is 5.16. The molecule has 0 amide bonds. The SMILES string of the molecule is CCCCc1noc(CN2C[C@@H](C)O[C@H](C)C2)n1. The van der Waals surface area contributed by atoms with Crippen LogP contribution in [-0.4, -0.2) is 40.3 Å². The van der Waals surface area contributed by atoms with Gasteiger partial charge in [-0.05, 0) is 20.3 Å². The highest BCUT2D eigenvalue weighted by molar-refractivity contribution is 4.87. The normalized spacial score (nSPS) is 25.5. The fourth-order valence-electron chi connectivity index (χ4n) is 2.40. The molecule has 1 aliphatic heterocycles. The van der Waals surface area contributed by atoms with E-state index in [0.717, 1.165) is 50.6 Å². The van der Waals surface area contributed by atoms with Gasteiger partial charge in [0.2, 0.25) is 5.89 Å². The van der Waals surface area contributed by atoms with E-state index >= 15 is 0 Å². The van der Waals surface area contributed by atoms with Crippen LogP contribution < -0.4 is 0 Å². The number of rotatable bonds is 5. The molecule has 102 valence electrons. The Morgan fingerprint density at radius 2 is 2.00 bits per heavy atom. The van der Waals surface area contributed by atoms with Gasteiger partial charge in [0.05, 0.1) is 18.8 Å². The van der Waals surface area contributed by atoms with E-state index in [-0.39, 0.29) is 12.2 Å². The van der Waals surface area contributed by atoms with Gasteiger partial charge in [0.15, 0.2) is 5.82 Å². The zero-order valence-corrected chi connectivity index (χ0v) is 11.6. The lowest BCUT2D eigenvalue weighted by molar-refractivity contribution is -0.0725. The maximum atomic E-state index is 5.70. The van der Waals surface area contributed by atoms with E-state index in [9.17, 15) is 0 Å². The molecule has 1 aromatic heterocycles. The summed E-state index contributed by atoms with van der Waals surface area (Å²) < 4.78 is 11.0. The number of hydrogen-bond acceptors (Lipinski definition) is 5. The van der Waals surface area contributed by atoms with Crippen LogP contribution in [0.4, 0.5) is 0 Å². The zero-order chi connectivity index (χ0) is 13.0. The zero-order valence-electron chi connectivity index (χ0n) is 11.6. The van der Waals surface area contributed by atoms with E-state index in [1.807, 2.05) is 0 Å². The molecule has 0 aromatic carbocycles. The first-order valence-corrected chi connectivity index (χ1v) is 6.86. The molecule has 1 saturated heterocycles. The minimum absolute atomic E-state index is 0.274. The van der Waals surface area contributed by atoms with Crippen LogP contribution in [0.1, 0.15) is 45.3 Å². The predicted molar refractivity (Wildman–Crippen MR) is 68.2 cm³/mol. The number of morpholine rings is 1. The van der Waals surface area contributed by atoms with Crippen LogP contribution in [0, 0.1) is 0 Å². The summed E-state index contributed by atoms with van der Waals surface area (Å²) in [5.41, 5.74) is 0. The molecule has 0 unspecified atom stereocenters. The Morgan fingerprint density at radius 1 is 1.28 bits per heavy atom. The van der Waals surface area contributed by atoms with Gasteiger partial charge in [-0.25, -0.2) is 0 Å². The van der Waals surface area contributed by atoms with E-state index in [0.29, 0.717) is 0 Å². The lowest BCUT2D eigenvalue weighted by atomic mass is 10.2. The Hall–Kier alpha value is -0.940. The number of unbranched alkanes of at least 4 members (excludes halogenated alkanes) is 1. The van der Waals surface area contributed by atoms with E-state index in [1.165, 1.54) is 0 Å². The molecule has 0 spiro atoms. The maximum absolute atomic E-state index is 5.70. The number of aromatic nitrogens is 2. The molecule has 2 rings (SSSR count). The average Bonchev–Trinajstić information content (AvgIpc) is 2.72. The molecule has 0 aliphatic carbocycles. The summed E-state index contributed by atoms with van der Waals surface area (Å²) in [6.07, 6.45) is 3.73. The van der Waals surface area contributed by atoms with Crippen LogP contribution in [0.25, 0.3) is 0 Å². The Labute approximate surface area is 108 Å². The van der Waals surface area contributed by atoms with E-state index < -0.39 is 0 Å². The minimum atomic E-state index is 0.274. The highest BCUT2D eigenvalue weighted by Crippen LogP contribution is 2.13. The molecule has 0 radical (unpaired) electrons. The second-order valence-electron chi connectivity index (χ2n) is 5.16. The molecule has 5 nitrogen and oxygen atoms in total. The molecule has 0 saturated carbocycles. The molecule has 5 heteroatoms. The molecular weight excluding hydrogens is 230 g/mol. The van der Waals surface area contributed by atoms with Crippen molar-refractivity contribution < 1.29 is 9.26 Å². The Kier molecular flexibility index (Phi) is 4.72. The third kappa shape index (κ3) is 3.78. The third-order valence-corrected chi connectivity index (χ3v) is 3.12. The first kappa shape index (κ1) is 13.5. The summed E-state index contributed by atoms with van der Waals surface area (Å²) in [6, 6.07) is 0. The fraction of sp³-hybridized carbons (Fsp3) is 0.846. The van der Waals surface area contributed by atoms with Crippen molar-refractivity contribution in [2.75, 3.05) is 13.1 Å². The van der Waals surface area contributed by atoms with Crippen LogP contribution in [0.3, 0.4) is 0 Å². The number of ether oxygens (including phenoxy) is 1. The number of hydrogen-bond donors (Lipinski definition) is 0. The van der Waals surface area contributed by atoms with E-state index in [1.54, 1.807) is 0 Å². The third-order valence-electron chi connectivity index (χ3n) is 3.12. The van der Waals surface area contributed by atoms with Gasteiger partial charge in [-0.15, -0.1) is 0 Å². The van der Waals surface area contributed by atoms with Gasteiger partial charge in [-0.2, -0.15) is 4.98 Å². The van der Waals surface area contributed by atoms with Gasteiger partial charge in [0.25, 0.3) is 0 Å². The van der Waals surface area contributed by atoms with Crippen molar-refractivity contribution in [3.63, 3.8) is 0 Å². The smallest absolute Gasteiger partial charge is 0.240 e. The minimum Gasteiger partial charge on any atom is -0.373 e. The lowest BCUT2D eigenvalue weighted by Gasteiger charge is -2.34. The standard InChI is InChI=1S/C13H23N3O2/c1-4-5-6-12-14-13(18-15-12)9-16-7-10(2)17-11(3)8-16/h10-11H,4-9H2,1-3H3/t10-,11-/m1/s1. The number of aryl methyl sites for hydroxylation is 1. The monoisotopic (exact) mass is 253 g/mol.